The van der Waals surface area contributed by atoms with Crippen molar-refractivity contribution in [3.05, 3.63) is 47.1 Å². The number of thioether (sulfide) groups is 1. The molecule has 0 radical (unpaired) electrons. The highest BCUT2D eigenvalue weighted by Gasteiger charge is 2.47. The number of nitrogens with two attached hydrogens (primary N) is 1. The molecule has 1 amide bonds. The number of benzene rings is 1. The van der Waals surface area contributed by atoms with Gasteiger partial charge in [-0.15, -0.1) is 0 Å². The number of hydrogen-bond donors (Lipinski definition) is 1. The van der Waals surface area contributed by atoms with Crippen molar-refractivity contribution in [2.45, 2.75) is 31.7 Å². The molecular weight excluding hydrogens is 376 g/mol. The molecule has 2 N–H and O–H groups in total. The Hall–Kier alpha value is -2.05. The van der Waals surface area contributed by atoms with E-state index >= 15 is 0 Å². The van der Waals surface area contributed by atoms with E-state index < -0.39 is 0 Å². The van der Waals surface area contributed by atoms with Crippen molar-refractivity contribution in [2.24, 2.45) is 11.8 Å². The Labute approximate surface area is 167 Å². The minimum absolute atomic E-state index is 0.0352. The van der Waals surface area contributed by atoms with Crippen LogP contribution in [0.2, 0.25) is 0 Å². The molecule has 1 aromatic carbocycles. The van der Waals surface area contributed by atoms with Gasteiger partial charge in [-0.2, -0.15) is 0 Å². The van der Waals surface area contributed by atoms with Gasteiger partial charge in [0, 0.05) is 23.4 Å². The zero-order valence-electron chi connectivity index (χ0n) is 14.8. The minimum atomic E-state index is 0.0352. The maximum Gasteiger partial charge on any atom is 0.266 e. The Morgan fingerprint density at radius 3 is 2.67 bits per heavy atom. The zero-order valence-corrected chi connectivity index (χ0v) is 16.4. The Bertz CT molecular complexity index is 947. The van der Waals surface area contributed by atoms with E-state index in [1.54, 1.807) is 0 Å². The van der Waals surface area contributed by atoms with Crippen LogP contribution in [0.1, 0.15) is 31.4 Å². The maximum absolute atomic E-state index is 13.0. The fraction of sp³-hybridized carbons (Fsp3) is 0.333. The van der Waals surface area contributed by atoms with Crippen LogP contribution in [0.15, 0.2) is 45.7 Å². The fourth-order valence-corrected chi connectivity index (χ4v) is 6.01. The summed E-state index contributed by atoms with van der Waals surface area (Å²) in [5.41, 5.74) is 7.41. The van der Waals surface area contributed by atoms with Gasteiger partial charge in [0.25, 0.3) is 5.91 Å². The SMILES string of the molecule is Nc1ccc(-c2ccc(/C=C3\SC(=S)N(C4CC5CCC4C5)C3=O)o2)cc1. The van der Waals surface area contributed by atoms with Crippen LogP contribution in [0.25, 0.3) is 17.4 Å². The Balaban J connectivity index is 1.37. The number of carbonyl (C=O) groups is 1. The van der Waals surface area contributed by atoms with Crippen LogP contribution < -0.4 is 5.73 Å². The van der Waals surface area contributed by atoms with Crippen molar-refractivity contribution in [1.29, 1.82) is 0 Å². The maximum atomic E-state index is 13.0. The minimum Gasteiger partial charge on any atom is -0.457 e. The summed E-state index contributed by atoms with van der Waals surface area (Å²) in [7, 11) is 0. The molecule has 0 spiro atoms. The second-order valence-corrected chi connectivity index (χ2v) is 9.29. The molecule has 3 fully saturated rings. The molecule has 1 aromatic heterocycles. The van der Waals surface area contributed by atoms with Gasteiger partial charge in [-0.3, -0.25) is 9.69 Å². The number of nitrogen functional groups attached to an aromatic ring is 1. The third-order valence-corrected chi connectivity index (χ3v) is 7.28. The number of hydrogen-bond acceptors (Lipinski definition) is 5. The van der Waals surface area contributed by atoms with Gasteiger partial charge in [0.2, 0.25) is 0 Å². The number of rotatable bonds is 3. The molecule has 3 aliphatic rings. The van der Waals surface area contributed by atoms with Gasteiger partial charge in [0.15, 0.2) is 0 Å². The molecule has 3 atom stereocenters. The van der Waals surface area contributed by atoms with Crippen LogP contribution >= 0.6 is 24.0 Å². The molecule has 4 nitrogen and oxygen atoms in total. The average molecular weight is 397 g/mol. The molecule has 2 aliphatic carbocycles. The number of anilines is 1. The standard InChI is InChI=1S/C21H20N2O2S2/c22-15-5-3-13(4-6-15)18-8-7-16(25-18)11-19-20(24)23(21(26)27-19)17-10-12-1-2-14(17)9-12/h3-8,11-12,14,17H,1-2,9-10,22H2/b19-11-. The van der Waals surface area contributed by atoms with E-state index in [4.69, 9.17) is 22.4 Å². The lowest BCUT2D eigenvalue weighted by Crippen LogP contribution is -2.41. The Morgan fingerprint density at radius 1 is 1.15 bits per heavy atom. The van der Waals surface area contributed by atoms with Crippen molar-refractivity contribution in [1.82, 2.24) is 4.90 Å². The fourth-order valence-electron chi connectivity index (χ4n) is 4.66. The molecule has 5 rings (SSSR count). The van der Waals surface area contributed by atoms with E-state index in [-0.39, 0.29) is 5.91 Å². The topological polar surface area (TPSA) is 59.5 Å². The largest absolute Gasteiger partial charge is 0.457 e. The van der Waals surface area contributed by atoms with Crippen LogP contribution in [0.3, 0.4) is 0 Å². The predicted molar refractivity (Wildman–Crippen MR) is 113 cm³/mol. The molecule has 2 saturated carbocycles. The van der Waals surface area contributed by atoms with Gasteiger partial charge >= 0.3 is 0 Å². The first-order valence-electron chi connectivity index (χ1n) is 9.31. The van der Waals surface area contributed by atoms with E-state index in [1.807, 2.05) is 47.4 Å². The predicted octanol–water partition coefficient (Wildman–Crippen LogP) is 4.92. The van der Waals surface area contributed by atoms with Gasteiger partial charge in [-0.25, -0.2) is 0 Å². The molecule has 27 heavy (non-hydrogen) atoms. The van der Waals surface area contributed by atoms with Crippen molar-refractivity contribution in [3.8, 4) is 11.3 Å². The molecule has 1 aliphatic heterocycles. The first kappa shape index (κ1) is 17.1. The second kappa shape index (κ2) is 6.53. The lowest BCUT2D eigenvalue weighted by atomic mass is 9.94. The number of amides is 1. The van der Waals surface area contributed by atoms with Crippen LogP contribution in [-0.4, -0.2) is 21.2 Å². The quantitative estimate of drug-likeness (QED) is 0.453. The molecular formula is C21H20N2O2S2. The van der Waals surface area contributed by atoms with Gasteiger partial charge in [-0.1, -0.05) is 30.4 Å². The second-order valence-electron chi connectivity index (χ2n) is 7.62. The Morgan fingerprint density at radius 2 is 1.96 bits per heavy atom. The third kappa shape index (κ3) is 3.01. The van der Waals surface area contributed by atoms with Crippen molar-refractivity contribution >= 4 is 46.0 Å². The molecule has 2 heterocycles. The summed E-state index contributed by atoms with van der Waals surface area (Å²) < 4.78 is 6.61. The summed E-state index contributed by atoms with van der Waals surface area (Å²) in [6, 6.07) is 11.6. The number of thiocarbonyl (C=S) groups is 1. The Kier molecular flexibility index (Phi) is 4.13. The highest BCUT2D eigenvalue weighted by molar-refractivity contribution is 8.26. The first-order valence-corrected chi connectivity index (χ1v) is 10.5. The van der Waals surface area contributed by atoms with Crippen molar-refractivity contribution < 1.29 is 9.21 Å². The van der Waals surface area contributed by atoms with E-state index in [2.05, 4.69) is 0 Å². The molecule has 1 saturated heterocycles. The molecule has 2 bridgehead atoms. The summed E-state index contributed by atoms with van der Waals surface area (Å²) in [5.74, 6) is 2.85. The smallest absolute Gasteiger partial charge is 0.266 e. The van der Waals surface area contributed by atoms with Crippen LogP contribution in [-0.2, 0) is 4.79 Å². The highest BCUT2D eigenvalue weighted by Crippen LogP contribution is 2.49. The van der Waals surface area contributed by atoms with Gasteiger partial charge < -0.3 is 10.2 Å². The number of nitrogens with zero attached hydrogens (tertiary/aromatic N) is 1. The molecule has 138 valence electrons. The van der Waals surface area contributed by atoms with E-state index in [0.29, 0.717) is 26.9 Å². The van der Waals surface area contributed by atoms with Crippen LogP contribution in [0, 0.1) is 11.8 Å². The van der Waals surface area contributed by atoms with Gasteiger partial charge in [0.05, 0.1) is 4.91 Å². The van der Waals surface area contributed by atoms with Gasteiger partial charge in [0.1, 0.15) is 15.8 Å². The summed E-state index contributed by atoms with van der Waals surface area (Å²) in [6.45, 7) is 0. The summed E-state index contributed by atoms with van der Waals surface area (Å²) >= 11 is 6.93. The molecule has 3 unspecified atom stereocenters. The third-order valence-electron chi connectivity index (χ3n) is 5.95. The summed E-state index contributed by atoms with van der Waals surface area (Å²) in [5, 5.41) is 0. The van der Waals surface area contributed by atoms with E-state index in [1.165, 1.54) is 31.0 Å². The lowest BCUT2D eigenvalue weighted by Gasteiger charge is -2.30. The number of furan rings is 1. The van der Waals surface area contributed by atoms with Crippen molar-refractivity contribution in [2.75, 3.05) is 5.73 Å². The number of fused-ring (bicyclic) bond motifs is 2. The van der Waals surface area contributed by atoms with E-state index in [0.717, 1.165) is 29.3 Å². The average Bonchev–Trinajstić information content (AvgIpc) is 3.42. The van der Waals surface area contributed by atoms with Gasteiger partial charge in [-0.05, 0) is 67.5 Å². The number of carbonyl (C=O) groups excluding carboxylic acids is 1. The first-order chi connectivity index (χ1) is 13.1. The van der Waals surface area contributed by atoms with E-state index in [9.17, 15) is 4.79 Å². The molecule has 6 heteroatoms. The molecule has 2 aromatic rings. The highest BCUT2D eigenvalue weighted by atomic mass is 32.2. The van der Waals surface area contributed by atoms with Crippen molar-refractivity contribution in [3.63, 3.8) is 0 Å². The lowest BCUT2D eigenvalue weighted by molar-refractivity contribution is -0.124. The summed E-state index contributed by atoms with van der Waals surface area (Å²) in [6.07, 6.45) is 6.71. The van der Waals surface area contributed by atoms with Crippen LogP contribution in [0.4, 0.5) is 5.69 Å². The normalized spacial score (nSPS) is 28.7. The zero-order chi connectivity index (χ0) is 18.5. The monoisotopic (exact) mass is 396 g/mol. The summed E-state index contributed by atoms with van der Waals surface area (Å²) in [4.78, 5) is 15.5. The van der Waals surface area contributed by atoms with Crippen LogP contribution in [0.5, 0.6) is 0 Å².